The fourth-order valence-electron chi connectivity index (χ4n) is 2.51. The molecule has 0 aliphatic carbocycles. The zero-order valence-corrected chi connectivity index (χ0v) is 12.2. The topological polar surface area (TPSA) is 75.4 Å². The average Bonchev–Trinajstić information content (AvgIpc) is 2.81. The average molecular weight is 277 g/mol. The predicted molar refractivity (Wildman–Crippen MR) is 81.5 cm³/mol. The quantitative estimate of drug-likeness (QED) is 0.804. The van der Waals surface area contributed by atoms with Crippen molar-refractivity contribution in [2.45, 2.75) is 19.4 Å². The summed E-state index contributed by atoms with van der Waals surface area (Å²) in [5, 5.41) is 1.18. The molecule has 0 saturated carbocycles. The molecule has 0 radical (unpaired) electrons. The lowest BCUT2D eigenvalue weighted by molar-refractivity contribution is 0.355. The van der Waals surface area contributed by atoms with Gasteiger partial charge >= 0.3 is 0 Å². The number of aromatic nitrogens is 1. The third kappa shape index (κ3) is 2.73. The Kier molecular flexibility index (Phi) is 4.87. The van der Waals surface area contributed by atoms with Crippen molar-refractivity contribution in [2.24, 2.45) is 11.5 Å². The molecule has 0 fully saturated rings. The van der Waals surface area contributed by atoms with E-state index >= 15 is 0 Å². The molecule has 0 spiro atoms. The molecule has 1 aromatic carbocycles. The molecule has 110 valence electrons. The molecule has 0 saturated heterocycles. The summed E-state index contributed by atoms with van der Waals surface area (Å²) >= 11 is 0. The Morgan fingerprint density at radius 2 is 1.75 bits per heavy atom. The van der Waals surface area contributed by atoms with E-state index in [9.17, 15) is 0 Å². The number of aryl methyl sites for hydroxylation is 1. The molecule has 0 unspecified atom stereocenters. The minimum atomic E-state index is 0.606. The summed E-state index contributed by atoms with van der Waals surface area (Å²) in [5.41, 5.74) is 13.7. The van der Waals surface area contributed by atoms with Crippen LogP contribution in [-0.2, 0) is 13.0 Å². The fourth-order valence-corrected chi connectivity index (χ4v) is 2.51. The van der Waals surface area contributed by atoms with Crippen molar-refractivity contribution in [3.05, 3.63) is 23.9 Å². The van der Waals surface area contributed by atoms with Gasteiger partial charge in [-0.1, -0.05) is 0 Å². The maximum Gasteiger partial charge on any atom is 0.162 e. The molecule has 2 rings (SSSR count). The molecule has 1 aromatic heterocycles. The Morgan fingerprint density at radius 1 is 1.05 bits per heavy atom. The van der Waals surface area contributed by atoms with Crippen molar-refractivity contribution in [2.75, 3.05) is 27.3 Å². The van der Waals surface area contributed by atoms with Gasteiger partial charge in [-0.2, -0.15) is 0 Å². The predicted octanol–water partition coefficient (Wildman–Crippen LogP) is 1.51. The van der Waals surface area contributed by atoms with Crippen LogP contribution in [0.5, 0.6) is 11.5 Å². The van der Waals surface area contributed by atoms with Crippen LogP contribution in [0, 0.1) is 0 Å². The molecule has 0 atom stereocenters. The lowest BCUT2D eigenvalue weighted by atomic mass is 10.1. The first-order valence-electron chi connectivity index (χ1n) is 6.89. The number of nitrogens with zero attached hydrogens (tertiary/aromatic N) is 1. The molecule has 0 aliphatic rings. The number of benzene rings is 1. The maximum atomic E-state index is 5.69. The minimum Gasteiger partial charge on any atom is -0.493 e. The Bertz CT molecular complexity index is 578. The van der Waals surface area contributed by atoms with Gasteiger partial charge in [-0.15, -0.1) is 0 Å². The van der Waals surface area contributed by atoms with E-state index in [4.69, 9.17) is 20.9 Å². The van der Waals surface area contributed by atoms with Crippen LogP contribution in [-0.4, -0.2) is 31.9 Å². The number of hydrogen-bond acceptors (Lipinski definition) is 4. The number of ether oxygens (including phenoxy) is 2. The number of nitrogens with two attached hydrogens (primary N) is 2. The Hall–Kier alpha value is -1.72. The molecule has 1 heterocycles. The van der Waals surface area contributed by atoms with Crippen molar-refractivity contribution >= 4 is 10.9 Å². The number of fused-ring (bicyclic) bond motifs is 1. The van der Waals surface area contributed by atoms with E-state index in [-0.39, 0.29) is 0 Å². The first-order chi connectivity index (χ1) is 9.74. The van der Waals surface area contributed by atoms with Gasteiger partial charge in [0.25, 0.3) is 0 Å². The van der Waals surface area contributed by atoms with Gasteiger partial charge in [-0.05, 0) is 31.0 Å². The third-order valence-electron chi connectivity index (χ3n) is 3.49. The summed E-state index contributed by atoms with van der Waals surface area (Å²) in [7, 11) is 3.30. The molecule has 0 aliphatic heterocycles. The smallest absolute Gasteiger partial charge is 0.162 e. The molecule has 2 aromatic rings. The van der Waals surface area contributed by atoms with Crippen LogP contribution in [0.1, 0.15) is 12.0 Å². The number of hydrogen-bond donors (Lipinski definition) is 2. The van der Waals surface area contributed by atoms with Crippen molar-refractivity contribution in [1.29, 1.82) is 0 Å². The Morgan fingerprint density at radius 3 is 2.35 bits per heavy atom. The second-order valence-corrected chi connectivity index (χ2v) is 4.75. The molecule has 4 N–H and O–H groups in total. The Labute approximate surface area is 119 Å². The van der Waals surface area contributed by atoms with E-state index in [1.807, 2.05) is 12.1 Å². The molecule has 0 bridgehead atoms. The highest BCUT2D eigenvalue weighted by atomic mass is 16.5. The van der Waals surface area contributed by atoms with Crippen molar-refractivity contribution in [1.82, 2.24) is 4.57 Å². The lowest BCUT2D eigenvalue weighted by Gasteiger charge is -2.09. The van der Waals surface area contributed by atoms with Crippen LogP contribution < -0.4 is 20.9 Å². The Balaban J connectivity index is 2.56. The standard InChI is InChI=1S/C15H23N3O2/c1-19-14-8-12-11(4-3-5-16)10-18(7-6-17)13(12)9-15(14)20-2/h8-10H,3-7,16-17H2,1-2H3. The van der Waals surface area contributed by atoms with Crippen molar-refractivity contribution in [3.63, 3.8) is 0 Å². The largest absolute Gasteiger partial charge is 0.493 e. The van der Waals surface area contributed by atoms with E-state index in [1.165, 1.54) is 10.9 Å². The normalized spacial score (nSPS) is 11.0. The van der Waals surface area contributed by atoms with Crippen LogP contribution >= 0.6 is 0 Å². The van der Waals surface area contributed by atoms with Gasteiger partial charge in [0.1, 0.15) is 0 Å². The summed E-state index contributed by atoms with van der Waals surface area (Å²) in [6.45, 7) is 2.08. The van der Waals surface area contributed by atoms with Gasteiger partial charge in [0, 0.05) is 30.7 Å². The van der Waals surface area contributed by atoms with Gasteiger partial charge in [-0.3, -0.25) is 0 Å². The minimum absolute atomic E-state index is 0.606. The van der Waals surface area contributed by atoms with Crippen LogP contribution in [0.2, 0.25) is 0 Å². The summed E-state index contributed by atoms with van der Waals surface area (Å²) in [5.74, 6) is 1.49. The summed E-state index contributed by atoms with van der Waals surface area (Å²) in [6, 6.07) is 4.04. The SMILES string of the molecule is COc1cc2c(CCCN)cn(CCN)c2cc1OC. The third-order valence-corrected chi connectivity index (χ3v) is 3.49. The van der Waals surface area contributed by atoms with Crippen LogP contribution in [0.4, 0.5) is 0 Å². The van der Waals surface area contributed by atoms with Gasteiger partial charge < -0.3 is 25.5 Å². The van der Waals surface area contributed by atoms with Crippen LogP contribution in [0.3, 0.4) is 0 Å². The molecular weight excluding hydrogens is 254 g/mol. The van der Waals surface area contributed by atoms with Crippen molar-refractivity contribution in [3.8, 4) is 11.5 Å². The zero-order chi connectivity index (χ0) is 14.5. The van der Waals surface area contributed by atoms with E-state index in [2.05, 4.69) is 10.8 Å². The van der Waals surface area contributed by atoms with E-state index in [0.29, 0.717) is 13.1 Å². The van der Waals surface area contributed by atoms with Gasteiger partial charge in [0.15, 0.2) is 11.5 Å². The molecule has 0 amide bonds. The highest BCUT2D eigenvalue weighted by Crippen LogP contribution is 2.35. The monoisotopic (exact) mass is 277 g/mol. The molecule has 20 heavy (non-hydrogen) atoms. The van der Waals surface area contributed by atoms with Gasteiger partial charge in [-0.25, -0.2) is 0 Å². The van der Waals surface area contributed by atoms with Crippen LogP contribution in [0.15, 0.2) is 18.3 Å². The number of rotatable bonds is 7. The molecule has 5 heteroatoms. The number of methoxy groups -OCH3 is 2. The first-order valence-corrected chi connectivity index (χ1v) is 6.89. The maximum absolute atomic E-state index is 5.69. The lowest BCUT2D eigenvalue weighted by Crippen LogP contribution is -2.08. The summed E-state index contributed by atoms with van der Waals surface area (Å²) < 4.78 is 12.9. The van der Waals surface area contributed by atoms with E-state index in [0.717, 1.165) is 36.4 Å². The second kappa shape index (κ2) is 6.63. The van der Waals surface area contributed by atoms with Crippen LogP contribution in [0.25, 0.3) is 10.9 Å². The second-order valence-electron chi connectivity index (χ2n) is 4.75. The van der Waals surface area contributed by atoms with E-state index < -0.39 is 0 Å². The van der Waals surface area contributed by atoms with Crippen molar-refractivity contribution < 1.29 is 9.47 Å². The van der Waals surface area contributed by atoms with E-state index in [1.54, 1.807) is 14.2 Å². The summed E-state index contributed by atoms with van der Waals surface area (Å²) in [6.07, 6.45) is 4.09. The zero-order valence-electron chi connectivity index (χ0n) is 12.2. The highest BCUT2D eigenvalue weighted by Gasteiger charge is 2.13. The fraction of sp³-hybridized carbons (Fsp3) is 0.467. The van der Waals surface area contributed by atoms with Gasteiger partial charge in [0.05, 0.1) is 19.7 Å². The first kappa shape index (κ1) is 14.7. The highest BCUT2D eigenvalue weighted by molar-refractivity contribution is 5.87. The molecular formula is C15H23N3O2. The molecule has 5 nitrogen and oxygen atoms in total. The van der Waals surface area contributed by atoms with Gasteiger partial charge in [0.2, 0.25) is 0 Å². The summed E-state index contributed by atoms with van der Waals surface area (Å²) in [4.78, 5) is 0.